The molecule has 202 valence electrons. The van der Waals surface area contributed by atoms with Crippen LogP contribution in [0.15, 0.2) is 36.8 Å². The summed E-state index contributed by atoms with van der Waals surface area (Å²) in [6.07, 6.45) is 9.62. The van der Waals surface area contributed by atoms with Gasteiger partial charge in [-0.25, -0.2) is 15.0 Å². The van der Waals surface area contributed by atoms with Crippen molar-refractivity contribution in [3.63, 3.8) is 0 Å². The third-order valence-corrected chi connectivity index (χ3v) is 9.06. The van der Waals surface area contributed by atoms with Crippen LogP contribution < -0.4 is 5.73 Å². The summed E-state index contributed by atoms with van der Waals surface area (Å²) in [6.45, 7) is 7.77. The molecule has 1 aromatic carbocycles. The molecule has 0 bridgehead atoms. The fourth-order valence-corrected chi connectivity index (χ4v) is 6.64. The predicted octanol–water partition coefficient (Wildman–Crippen LogP) is 4.84. The molecule has 2 unspecified atom stereocenters. The lowest BCUT2D eigenvalue weighted by Gasteiger charge is -2.42. The largest absolute Gasteiger partial charge is 0.391 e. The molecule has 4 N–H and O–H groups in total. The predicted molar refractivity (Wildman–Crippen MR) is 152 cm³/mol. The van der Waals surface area contributed by atoms with Gasteiger partial charge in [-0.15, -0.1) is 0 Å². The first kappa shape index (κ1) is 25.3. The van der Waals surface area contributed by atoms with Crippen molar-refractivity contribution in [1.82, 2.24) is 29.4 Å². The fraction of sp³-hybridized carbons (Fsp3) is 0.567. The van der Waals surface area contributed by atoms with Crippen LogP contribution in [0.25, 0.3) is 22.1 Å². The summed E-state index contributed by atoms with van der Waals surface area (Å²) in [5.74, 6) is 2.84. The second-order valence-corrected chi connectivity index (χ2v) is 12.8. The average molecular weight is 516 g/mol. The van der Waals surface area contributed by atoms with Crippen LogP contribution in [0.3, 0.4) is 0 Å². The molecule has 2 aliphatic carbocycles. The van der Waals surface area contributed by atoms with Crippen molar-refractivity contribution in [2.45, 2.75) is 82.9 Å². The monoisotopic (exact) mass is 515 g/mol. The summed E-state index contributed by atoms with van der Waals surface area (Å²) in [5, 5.41) is 11.7. The number of imidazole rings is 1. The topological polar surface area (TPSA) is 109 Å². The number of hydrogen-bond acceptors (Lipinski definition) is 6. The Morgan fingerprint density at radius 2 is 1.92 bits per heavy atom. The Labute approximate surface area is 224 Å². The second-order valence-electron chi connectivity index (χ2n) is 12.8. The molecule has 3 atom stereocenters. The zero-order valence-electron chi connectivity index (χ0n) is 23.1. The van der Waals surface area contributed by atoms with Crippen LogP contribution in [-0.4, -0.2) is 60.2 Å². The van der Waals surface area contributed by atoms with E-state index in [2.05, 4.69) is 70.4 Å². The van der Waals surface area contributed by atoms with Gasteiger partial charge in [-0.1, -0.05) is 26.8 Å². The van der Waals surface area contributed by atoms with Crippen LogP contribution in [0.2, 0.25) is 0 Å². The number of aliphatic hydroxyl groups is 1. The zero-order valence-corrected chi connectivity index (χ0v) is 23.1. The third kappa shape index (κ3) is 4.80. The van der Waals surface area contributed by atoms with Crippen LogP contribution in [0.1, 0.15) is 70.3 Å². The smallest absolute Gasteiger partial charge is 0.145 e. The van der Waals surface area contributed by atoms with E-state index in [9.17, 15) is 5.11 Å². The summed E-state index contributed by atoms with van der Waals surface area (Å²) in [7, 11) is 2.26. The normalized spacial score (nSPS) is 26.0. The minimum absolute atomic E-state index is 0.0395. The number of aliphatic hydroxyl groups excluding tert-OH is 1. The number of benzene rings is 1. The van der Waals surface area contributed by atoms with Gasteiger partial charge in [0, 0.05) is 25.2 Å². The number of anilines is 1. The quantitative estimate of drug-likeness (QED) is 0.325. The van der Waals surface area contributed by atoms with Gasteiger partial charge in [-0.3, -0.25) is 0 Å². The highest BCUT2D eigenvalue weighted by Crippen LogP contribution is 2.40. The number of aromatic nitrogens is 5. The van der Waals surface area contributed by atoms with Crippen LogP contribution in [-0.2, 0) is 11.8 Å². The lowest BCUT2D eigenvalue weighted by molar-refractivity contribution is 0.0803. The Kier molecular flexibility index (Phi) is 6.43. The number of aromatic amines is 1. The summed E-state index contributed by atoms with van der Waals surface area (Å²) in [5.41, 5.74) is 10.5. The van der Waals surface area contributed by atoms with E-state index in [1.165, 1.54) is 31.2 Å². The zero-order chi connectivity index (χ0) is 26.6. The SMILES string of the molecule is CN(CC1CC(n2ccc3c(N)ncnc32)[C@H](O)C1)C1CC(CCc2nc3ccc(C(C)(C)C)cc3[nH]2)C1. The van der Waals surface area contributed by atoms with Crippen molar-refractivity contribution < 1.29 is 5.11 Å². The van der Waals surface area contributed by atoms with Crippen molar-refractivity contribution in [2.24, 2.45) is 11.8 Å². The maximum Gasteiger partial charge on any atom is 0.145 e. The molecule has 8 heteroatoms. The number of nitrogen functional groups attached to an aromatic ring is 1. The highest BCUT2D eigenvalue weighted by atomic mass is 16.3. The van der Waals surface area contributed by atoms with Crippen LogP contribution in [0.4, 0.5) is 5.82 Å². The first-order valence-electron chi connectivity index (χ1n) is 14.1. The number of nitrogens with one attached hydrogen (secondary N) is 1. The van der Waals surface area contributed by atoms with E-state index in [-0.39, 0.29) is 17.6 Å². The maximum atomic E-state index is 10.9. The van der Waals surface area contributed by atoms with Crippen LogP contribution in [0.5, 0.6) is 0 Å². The Balaban J connectivity index is 0.990. The fourth-order valence-electron chi connectivity index (χ4n) is 6.64. The molecule has 2 fully saturated rings. The Hall–Kier alpha value is -2.97. The summed E-state index contributed by atoms with van der Waals surface area (Å²) in [6, 6.07) is 9.25. The van der Waals surface area contributed by atoms with Crippen molar-refractivity contribution in [3.05, 3.63) is 48.2 Å². The van der Waals surface area contributed by atoms with Gasteiger partial charge < -0.3 is 25.3 Å². The number of H-pyrrole nitrogens is 1. The molecule has 4 aromatic rings. The molecule has 0 aliphatic heterocycles. The second kappa shape index (κ2) is 9.65. The molecule has 8 nitrogen and oxygen atoms in total. The van der Waals surface area contributed by atoms with E-state index in [1.807, 2.05) is 12.3 Å². The lowest BCUT2D eigenvalue weighted by Crippen LogP contribution is -2.44. The van der Waals surface area contributed by atoms with Crippen LogP contribution in [0, 0.1) is 11.8 Å². The molecule has 0 amide bonds. The number of nitrogens with zero attached hydrogens (tertiary/aromatic N) is 5. The summed E-state index contributed by atoms with van der Waals surface area (Å²) >= 11 is 0. The Morgan fingerprint density at radius 3 is 2.71 bits per heavy atom. The van der Waals surface area contributed by atoms with Gasteiger partial charge in [-0.2, -0.15) is 0 Å². The summed E-state index contributed by atoms with van der Waals surface area (Å²) in [4.78, 5) is 19.5. The van der Waals surface area contributed by atoms with E-state index >= 15 is 0 Å². The van der Waals surface area contributed by atoms with Gasteiger partial charge >= 0.3 is 0 Å². The third-order valence-electron chi connectivity index (χ3n) is 9.06. The molecule has 6 rings (SSSR count). The molecular weight excluding hydrogens is 474 g/mol. The first-order valence-corrected chi connectivity index (χ1v) is 14.1. The van der Waals surface area contributed by atoms with Gasteiger partial charge in [-0.05, 0) is 80.2 Å². The first-order chi connectivity index (χ1) is 18.2. The van der Waals surface area contributed by atoms with E-state index < -0.39 is 0 Å². The Bertz CT molecular complexity index is 1430. The lowest BCUT2D eigenvalue weighted by atomic mass is 9.76. The standard InChI is InChI=1S/C30H41N7O/c1-30(2,3)20-6-7-23-24(15-20)35-27(34-23)8-5-18-11-21(12-18)36(4)16-19-13-25(26(38)14-19)37-10-9-22-28(31)32-17-33-29(22)37/h6-7,9-10,15,17-19,21,25-26,38H,5,8,11-14,16H2,1-4H3,(H,34,35)(H2,31,32,33)/t18?,19?,21?,25?,26-/m1/s1. The van der Waals surface area contributed by atoms with Crippen molar-refractivity contribution in [2.75, 3.05) is 19.3 Å². The molecular formula is C30H41N7O. The minimum atomic E-state index is -0.363. The van der Waals surface area contributed by atoms with Gasteiger partial charge in [0.25, 0.3) is 0 Å². The molecule has 2 aliphatic rings. The van der Waals surface area contributed by atoms with E-state index in [1.54, 1.807) is 0 Å². The molecule has 0 saturated heterocycles. The number of nitrogens with two attached hydrogens (primary N) is 1. The minimum Gasteiger partial charge on any atom is -0.391 e. The number of rotatable bonds is 7. The van der Waals surface area contributed by atoms with Crippen molar-refractivity contribution in [3.8, 4) is 0 Å². The van der Waals surface area contributed by atoms with E-state index in [4.69, 9.17) is 10.7 Å². The molecule has 2 saturated carbocycles. The molecule has 3 aromatic heterocycles. The number of hydrogen-bond donors (Lipinski definition) is 3. The van der Waals surface area contributed by atoms with Crippen LogP contribution >= 0.6 is 0 Å². The highest BCUT2D eigenvalue weighted by molar-refractivity contribution is 5.86. The average Bonchev–Trinajstić information content (AvgIpc) is 3.53. The van der Waals surface area contributed by atoms with Gasteiger partial charge in [0.15, 0.2) is 0 Å². The number of fused-ring (bicyclic) bond motifs is 2. The van der Waals surface area contributed by atoms with Gasteiger partial charge in [0.1, 0.15) is 23.6 Å². The highest BCUT2D eigenvalue weighted by Gasteiger charge is 2.38. The molecule has 3 heterocycles. The maximum absolute atomic E-state index is 10.9. The van der Waals surface area contributed by atoms with Gasteiger partial charge in [0.2, 0.25) is 0 Å². The molecule has 0 radical (unpaired) electrons. The van der Waals surface area contributed by atoms with Crippen molar-refractivity contribution >= 4 is 27.9 Å². The Morgan fingerprint density at radius 1 is 1.11 bits per heavy atom. The van der Waals surface area contributed by atoms with E-state index in [0.29, 0.717) is 17.8 Å². The van der Waals surface area contributed by atoms with Gasteiger partial charge in [0.05, 0.1) is 28.6 Å². The van der Waals surface area contributed by atoms with Crippen molar-refractivity contribution in [1.29, 1.82) is 0 Å². The molecule has 0 spiro atoms. The number of aryl methyl sites for hydroxylation is 1. The van der Waals surface area contributed by atoms with E-state index in [0.717, 1.165) is 59.6 Å². The molecule has 38 heavy (non-hydrogen) atoms. The summed E-state index contributed by atoms with van der Waals surface area (Å²) < 4.78 is 2.10.